The SMILES string of the molecule is COCCc1ccc(Oc2nc(NN)c(Cl)cc2Cl)cc1. The third-order valence-electron chi connectivity index (χ3n) is 2.77. The quantitative estimate of drug-likeness (QED) is 0.626. The van der Waals surface area contributed by atoms with Gasteiger partial charge in [-0.3, -0.25) is 0 Å². The molecule has 0 aliphatic rings. The van der Waals surface area contributed by atoms with E-state index in [1.807, 2.05) is 24.3 Å². The maximum atomic E-state index is 6.05. The van der Waals surface area contributed by atoms with Crippen LogP contribution in [0.4, 0.5) is 5.82 Å². The highest BCUT2D eigenvalue weighted by Crippen LogP contribution is 2.33. The highest BCUT2D eigenvalue weighted by atomic mass is 35.5. The Kier molecular flexibility index (Phi) is 5.64. The van der Waals surface area contributed by atoms with Gasteiger partial charge in [0, 0.05) is 7.11 Å². The fraction of sp³-hybridized carbons (Fsp3) is 0.214. The van der Waals surface area contributed by atoms with Gasteiger partial charge in [0.25, 0.3) is 0 Å². The van der Waals surface area contributed by atoms with E-state index in [9.17, 15) is 0 Å². The molecule has 112 valence electrons. The third kappa shape index (κ3) is 4.22. The Morgan fingerprint density at radius 1 is 1.19 bits per heavy atom. The Labute approximate surface area is 132 Å². The molecule has 21 heavy (non-hydrogen) atoms. The largest absolute Gasteiger partial charge is 0.437 e. The first-order valence-corrected chi connectivity index (χ1v) is 6.98. The van der Waals surface area contributed by atoms with Crippen molar-refractivity contribution in [1.82, 2.24) is 4.98 Å². The van der Waals surface area contributed by atoms with Crippen LogP contribution in [0.1, 0.15) is 5.56 Å². The Bertz CT molecular complexity index is 606. The van der Waals surface area contributed by atoms with Crippen molar-refractivity contribution in [2.45, 2.75) is 6.42 Å². The van der Waals surface area contributed by atoms with Gasteiger partial charge in [-0.2, -0.15) is 4.98 Å². The molecule has 0 fully saturated rings. The molecule has 0 radical (unpaired) electrons. The van der Waals surface area contributed by atoms with Gasteiger partial charge in [-0.05, 0) is 30.2 Å². The molecule has 5 nitrogen and oxygen atoms in total. The number of nitrogen functional groups attached to an aromatic ring is 1. The van der Waals surface area contributed by atoms with Crippen molar-refractivity contribution < 1.29 is 9.47 Å². The molecule has 3 N–H and O–H groups in total. The van der Waals surface area contributed by atoms with Crippen LogP contribution in [0.25, 0.3) is 0 Å². The number of aromatic nitrogens is 1. The van der Waals surface area contributed by atoms with Crippen LogP contribution >= 0.6 is 23.2 Å². The summed E-state index contributed by atoms with van der Waals surface area (Å²) in [5.41, 5.74) is 3.54. The van der Waals surface area contributed by atoms with E-state index in [0.29, 0.717) is 28.2 Å². The van der Waals surface area contributed by atoms with Crippen molar-refractivity contribution in [3.05, 3.63) is 45.9 Å². The smallest absolute Gasteiger partial charge is 0.240 e. The number of nitrogens with zero attached hydrogens (tertiary/aromatic N) is 1. The number of nitrogens with one attached hydrogen (secondary N) is 1. The molecule has 0 saturated heterocycles. The summed E-state index contributed by atoms with van der Waals surface area (Å²) in [7, 11) is 1.68. The minimum Gasteiger partial charge on any atom is -0.437 e. The van der Waals surface area contributed by atoms with E-state index in [2.05, 4.69) is 10.4 Å². The molecule has 0 unspecified atom stereocenters. The number of hydrogen-bond donors (Lipinski definition) is 2. The zero-order valence-electron chi connectivity index (χ0n) is 11.4. The van der Waals surface area contributed by atoms with Gasteiger partial charge in [0.05, 0.1) is 11.6 Å². The number of pyridine rings is 1. The van der Waals surface area contributed by atoms with E-state index >= 15 is 0 Å². The number of ether oxygens (including phenoxy) is 2. The molecule has 0 spiro atoms. The summed E-state index contributed by atoms with van der Waals surface area (Å²) in [6.45, 7) is 0.677. The number of anilines is 1. The first-order valence-electron chi connectivity index (χ1n) is 6.22. The Hall–Kier alpha value is -1.53. The standard InChI is InChI=1S/C14H15Cl2N3O2/c1-20-7-6-9-2-4-10(5-3-9)21-14-12(16)8-11(15)13(18-14)19-17/h2-5,8H,6-7,17H2,1H3,(H,18,19). The maximum absolute atomic E-state index is 6.05. The molecule has 0 amide bonds. The van der Waals surface area contributed by atoms with Crippen LogP contribution in [-0.2, 0) is 11.2 Å². The van der Waals surface area contributed by atoms with E-state index in [1.165, 1.54) is 6.07 Å². The molecule has 0 saturated carbocycles. The van der Waals surface area contributed by atoms with Crippen LogP contribution in [0.15, 0.2) is 30.3 Å². The van der Waals surface area contributed by atoms with Gasteiger partial charge in [-0.1, -0.05) is 35.3 Å². The number of hydrazine groups is 1. The normalized spacial score (nSPS) is 10.5. The summed E-state index contributed by atoms with van der Waals surface area (Å²) in [6, 6.07) is 9.12. The minimum absolute atomic E-state index is 0.235. The lowest BCUT2D eigenvalue weighted by Crippen LogP contribution is -2.09. The number of nitrogens with two attached hydrogens (primary N) is 1. The van der Waals surface area contributed by atoms with Crippen molar-refractivity contribution >= 4 is 29.0 Å². The molecule has 7 heteroatoms. The Morgan fingerprint density at radius 3 is 2.52 bits per heavy atom. The number of benzene rings is 1. The summed E-state index contributed by atoms with van der Waals surface area (Å²) < 4.78 is 10.7. The van der Waals surface area contributed by atoms with E-state index < -0.39 is 0 Å². The molecule has 2 rings (SSSR count). The molecule has 1 aromatic carbocycles. The zero-order chi connectivity index (χ0) is 15.2. The van der Waals surface area contributed by atoms with E-state index in [0.717, 1.165) is 12.0 Å². The van der Waals surface area contributed by atoms with Crippen LogP contribution in [0.3, 0.4) is 0 Å². The second-order valence-electron chi connectivity index (χ2n) is 4.24. The highest BCUT2D eigenvalue weighted by molar-refractivity contribution is 6.36. The van der Waals surface area contributed by atoms with Gasteiger partial charge in [0.2, 0.25) is 5.88 Å². The van der Waals surface area contributed by atoms with Gasteiger partial charge >= 0.3 is 0 Å². The molecule has 1 heterocycles. The summed E-state index contributed by atoms with van der Waals surface area (Å²) in [5.74, 6) is 6.48. The summed E-state index contributed by atoms with van der Waals surface area (Å²) in [5, 5.41) is 0.632. The Balaban J connectivity index is 2.14. The molecular formula is C14H15Cl2N3O2. The van der Waals surface area contributed by atoms with E-state index in [4.69, 9.17) is 38.5 Å². The lowest BCUT2D eigenvalue weighted by Gasteiger charge is -2.10. The number of rotatable bonds is 6. The van der Waals surface area contributed by atoms with Crippen LogP contribution in [0.5, 0.6) is 11.6 Å². The number of halogens is 2. The maximum Gasteiger partial charge on any atom is 0.240 e. The van der Waals surface area contributed by atoms with E-state index in [-0.39, 0.29) is 5.88 Å². The fourth-order valence-corrected chi connectivity index (χ4v) is 2.13. The predicted molar refractivity (Wildman–Crippen MR) is 84.2 cm³/mol. The van der Waals surface area contributed by atoms with Gasteiger partial charge in [-0.15, -0.1) is 0 Å². The number of methoxy groups -OCH3 is 1. The van der Waals surface area contributed by atoms with Gasteiger partial charge in [-0.25, -0.2) is 5.84 Å². The second kappa shape index (κ2) is 7.47. The van der Waals surface area contributed by atoms with Gasteiger partial charge in [0.1, 0.15) is 10.8 Å². The summed E-state index contributed by atoms with van der Waals surface area (Å²) >= 11 is 12.0. The summed E-state index contributed by atoms with van der Waals surface area (Å²) in [4.78, 5) is 4.12. The molecule has 0 aliphatic carbocycles. The average Bonchev–Trinajstić information content (AvgIpc) is 2.49. The molecular weight excluding hydrogens is 313 g/mol. The van der Waals surface area contributed by atoms with Crippen LogP contribution < -0.4 is 16.0 Å². The first-order chi connectivity index (χ1) is 10.1. The second-order valence-corrected chi connectivity index (χ2v) is 5.05. The topological polar surface area (TPSA) is 69.4 Å². The van der Waals surface area contributed by atoms with Crippen LogP contribution in [-0.4, -0.2) is 18.7 Å². The summed E-state index contributed by atoms with van der Waals surface area (Å²) in [6.07, 6.45) is 0.845. The fourth-order valence-electron chi connectivity index (χ4n) is 1.68. The van der Waals surface area contributed by atoms with Crippen molar-refractivity contribution in [3.8, 4) is 11.6 Å². The Morgan fingerprint density at radius 2 is 1.90 bits per heavy atom. The molecule has 2 aromatic rings. The molecule has 0 bridgehead atoms. The van der Waals surface area contributed by atoms with Gasteiger partial charge < -0.3 is 14.9 Å². The lowest BCUT2D eigenvalue weighted by molar-refractivity contribution is 0.202. The highest BCUT2D eigenvalue weighted by Gasteiger charge is 2.10. The zero-order valence-corrected chi connectivity index (χ0v) is 12.9. The average molecular weight is 328 g/mol. The van der Waals surface area contributed by atoms with Crippen molar-refractivity contribution in [3.63, 3.8) is 0 Å². The van der Waals surface area contributed by atoms with Crippen LogP contribution in [0.2, 0.25) is 10.0 Å². The van der Waals surface area contributed by atoms with Crippen LogP contribution in [0, 0.1) is 0 Å². The predicted octanol–water partition coefficient (Wildman–Crippen LogP) is 3.66. The first kappa shape index (κ1) is 15.9. The monoisotopic (exact) mass is 327 g/mol. The molecule has 0 atom stereocenters. The van der Waals surface area contributed by atoms with Crippen molar-refractivity contribution in [2.24, 2.45) is 5.84 Å². The van der Waals surface area contributed by atoms with Crippen molar-refractivity contribution in [1.29, 1.82) is 0 Å². The number of hydrogen-bond acceptors (Lipinski definition) is 5. The lowest BCUT2D eigenvalue weighted by atomic mass is 10.1. The third-order valence-corrected chi connectivity index (χ3v) is 3.33. The van der Waals surface area contributed by atoms with Crippen molar-refractivity contribution in [2.75, 3.05) is 19.1 Å². The van der Waals surface area contributed by atoms with E-state index in [1.54, 1.807) is 7.11 Å². The molecule has 0 aliphatic heterocycles. The minimum atomic E-state index is 0.235. The van der Waals surface area contributed by atoms with Gasteiger partial charge in [0.15, 0.2) is 5.82 Å². The molecule has 1 aromatic heterocycles.